The first-order valence-electron chi connectivity index (χ1n) is 12.8. The summed E-state index contributed by atoms with van der Waals surface area (Å²) in [6.45, 7) is 2.01. The van der Waals surface area contributed by atoms with Gasteiger partial charge in [-0.25, -0.2) is 9.67 Å². The van der Waals surface area contributed by atoms with E-state index in [1.807, 2.05) is 48.1 Å². The van der Waals surface area contributed by atoms with Gasteiger partial charge in [0, 0.05) is 22.5 Å². The lowest BCUT2D eigenvalue weighted by Crippen LogP contribution is -2.22. The number of pyridine rings is 2. The number of carbonyl (C=O) groups excluding carboxylic acids is 1. The Morgan fingerprint density at radius 3 is 2.65 bits per heavy atom. The van der Waals surface area contributed by atoms with Gasteiger partial charge in [-0.15, -0.1) is 0 Å². The molecule has 1 aliphatic carbocycles. The largest absolute Gasteiger partial charge is 0.393 e. The van der Waals surface area contributed by atoms with Crippen molar-refractivity contribution in [3.05, 3.63) is 83.9 Å². The molecule has 1 saturated carbocycles. The van der Waals surface area contributed by atoms with E-state index in [4.69, 9.17) is 10.8 Å². The number of fused-ring (bicyclic) bond motifs is 2. The predicted molar refractivity (Wildman–Crippen MR) is 145 cm³/mol. The molecule has 1 aliphatic rings. The van der Waals surface area contributed by atoms with Crippen molar-refractivity contribution in [2.24, 2.45) is 11.7 Å². The number of hydrogen-bond acceptors (Lipinski definition) is 5. The fraction of sp³-hybridized carbons (Fsp3) is 0.267. The van der Waals surface area contributed by atoms with Crippen LogP contribution in [0.25, 0.3) is 38.6 Å². The number of amides is 1. The lowest BCUT2D eigenvalue weighted by molar-refractivity contribution is 0.0989. The highest BCUT2D eigenvalue weighted by atomic mass is 16.3. The molecule has 1 amide bonds. The molecule has 5 aromatic rings. The second-order valence-electron chi connectivity index (χ2n) is 10.1. The van der Waals surface area contributed by atoms with Crippen LogP contribution in [0.1, 0.15) is 47.4 Å². The standard InChI is InChI=1S/C30H29N5O2/c1-18-28-25(22-14-20-5-2-3-7-26(20)32-16-22)6-4-8-27(28)35(34-18)23-15-21(29(30(31)37)33-17-23)13-19-9-11-24(36)12-10-19/h2-8,14-17,19,24,36H,9-13H2,1H3,(H2,31,37). The Morgan fingerprint density at radius 1 is 1.03 bits per heavy atom. The van der Waals surface area contributed by atoms with E-state index in [1.54, 1.807) is 6.20 Å². The van der Waals surface area contributed by atoms with Crippen LogP contribution in [0.2, 0.25) is 0 Å². The maximum absolute atomic E-state index is 12.2. The summed E-state index contributed by atoms with van der Waals surface area (Å²) in [6.07, 6.45) is 7.51. The number of nitrogens with two attached hydrogens (primary N) is 1. The molecular weight excluding hydrogens is 462 g/mol. The monoisotopic (exact) mass is 491 g/mol. The van der Waals surface area contributed by atoms with Crippen molar-refractivity contribution in [1.29, 1.82) is 0 Å². The molecule has 0 radical (unpaired) electrons. The van der Waals surface area contributed by atoms with Crippen LogP contribution in [0.15, 0.2) is 67.0 Å². The Bertz CT molecular complexity index is 1630. The highest BCUT2D eigenvalue weighted by molar-refractivity contribution is 5.99. The van der Waals surface area contributed by atoms with Crippen LogP contribution in [-0.4, -0.2) is 36.9 Å². The molecule has 0 unspecified atom stereocenters. The SMILES string of the molecule is Cc1nn(-c2cnc(C(N)=O)c(CC3CCC(O)CC3)c2)c2cccc(-c3cnc4ccccc4c3)c12. The van der Waals surface area contributed by atoms with Gasteiger partial charge in [-0.1, -0.05) is 30.3 Å². The molecule has 1 fully saturated rings. The highest BCUT2D eigenvalue weighted by Gasteiger charge is 2.23. The van der Waals surface area contributed by atoms with Crippen molar-refractivity contribution < 1.29 is 9.90 Å². The van der Waals surface area contributed by atoms with Crippen molar-refractivity contribution in [2.45, 2.75) is 45.1 Å². The minimum atomic E-state index is -0.523. The van der Waals surface area contributed by atoms with Crippen molar-refractivity contribution in [3.63, 3.8) is 0 Å². The summed E-state index contributed by atoms with van der Waals surface area (Å²) < 4.78 is 1.90. The Hall–Kier alpha value is -4.10. The number of para-hydroxylation sites is 1. The van der Waals surface area contributed by atoms with Gasteiger partial charge < -0.3 is 10.8 Å². The van der Waals surface area contributed by atoms with Gasteiger partial charge in [0.25, 0.3) is 5.91 Å². The maximum Gasteiger partial charge on any atom is 0.267 e. The van der Waals surface area contributed by atoms with Gasteiger partial charge in [0.2, 0.25) is 0 Å². The number of rotatable bonds is 5. The zero-order valence-electron chi connectivity index (χ0n) is 20.8. The van der Waals surface area contributed by atoms with Crippen LogP contribution in [0.5, 0.6) is 0 Å². The fourth-order valence-corrected chi connectivity index (χ4v) is 5.66. The number of nitrogens with zero attached hydrogens (tertiary/aromatic N) is 4. The predicted octanol–water partition coefficient (Wildman–Crippen LogP) is 5.14. The van der Waals surface area contributed by atoms with Crippen molar-refractivity contribution >= 4 is 27.7 Å². The molecule has 37 heavy (non-hydrogen) atoms. The first kappa shape index (κ1) is 23.3. The van der Waals surface area contributed by atoms with Crippen molar-refractivity contribution in [3.8, 4) is 16.8 Å². The molecule has 0 spiro atoms. The smallest absolute Gasteiger partial charge is 0.267 e. The molecule has 3 aromatic heterocycles. The average molecular weight is 492 g/mol. The summed E-state index contributed by atoms with van der Waals surface area (Å²) in [4.78, 5) is 21.3. The molecule has 0 bridgehead atoms. The van der Waals surface area contributed by atoms with Crippen LogP contribution < -0.4 is 5.73 Å². The minimum Gasteiger partial charge on any atom is -0.393 e. The summed E-state index contributed by atoms with van der Waals surface area (Å²) in [5, 5.41) is 16.9. The third-order valence-corrected chi connectivity index (χ3v) is 7.54. The van der Waals surface area contributed by atoms with E-state index < -0.39 is 5.91 Å². The molecule has 2 aromatic carbocycles. The van der Waals surface area contributed by atoms with Crippen LogP contribution in [0.4, 0.5) is 0 Å². The van der Waals surface area contributed by atoms with Gasteiger partial charge in [-0.3, -0.25) is 9.78 Å². The van der Waals surface area contributed by atoms with Gasteiger partial charge in [0.1, 0.15) is 5.69 Å². The molecule has 186 valence electrons. The zero-order chi connectivity index (χ0) is 25.5. The van der Waals surface area contributed by atoms with Crippen LogP contribution in [-0.2, 0) is 6.42 Å². The Balaban J connectivity index is 1.43. The molecule has 7 nitrogen and oxygen atoms in total. The first-order valence-corrected chi connectivity index (χ1v) is 12.8. The zero-order valence-corrected chi connectivity index (χ0v) is 20.8. The molecular formula is C30H29N5O2. The second kappa shape index (κ2) is 9.41. The quantitative estimate of drug-likeness (QED) is 0.354. The summed E-state index contributed by atoms with van der Waals surface area (Å²) in [5.74, 6) is -0.133. The van der Waals surface area contributed by atoms with Crippen LogP contribution >= 0.6 is 0 Å². The topological polar surface area (TPSA) is 107 Å². The third kappa shape index (κ3) is 4.36. The van der Waals surface area contributed by atoms with E-state index in [0.717, 1.165) is 75.6 Å². The molecule has 3 heterocycles. The second-order valence-corrected chi connectivity index (χ2v) is 10.1. The number of aliphatic hydroxyl groups is 1. The van der Waals surface area contributed by atoms with Gasteiger partial charge in [0.15, 0.2) is 0 Å². The first-order chi connectivity index (χ1) is 18.0. The Morgan fingerprint density at radius 2 is 1.84 bits per heavy atom. The van der Waals surface area contributed by atoms with Gasteiger partial charge in [0.05, 0.1) is 34.7 Å². The number of carbonyl (C=O) groups is 1. The maximum atomic E-state index is 12.2. The number of aromatic nitrogens is 4. The average Bonchev–Trinajstić information content (AvgIpc) is 3.26. The summed E-state index contributed by atoms with van der Waals surface area (Å²) in [5.41, 5.74) is 12.6. The van der Waals surface area contributed by atoms with E-state index in [-0.39, 0.29) is 6.10 Å². The number of hydrogen-bond donors (Lipinski definition) is 2. The highest BCUT2D eigenvalue weighted by Crippen LogP contribution is 2.34. The third-order valence-electron chi connectivity index (χ3n) is 7.54. The normalized spacial score (nSPS) is 17.9. The van der Waals surface area contributed by atoms with E-state index in [2.05, 4.69) is 34.2 Å². The minimum absolute atomic E-state index is 0.221. The fourth-order valence-electron chi connectivity index (χ4n) is 5.66. The van der Waals surface area contributed by atoms with E-state index >= 15 is 0 Å². The van der Waals surface area contributed by atoms with Gasteiger partial charge in [-0.05, 0) is 80.3 Å². The lowest BCUT2D eigenvalue weighted by Gasteiger charge is -2.25. The Labute approximate surface area is 215 Å². The molecule has 3 N–H and O–H groups in total. The summed E-state index contributed by atoms with van der Waals surface area (Å²) in [6, 6.07) is 18.4. The summed E-state index contributed by atoms with van der Waals surface area (Å²) in [7, 11) is 0. The van der Waals surface area contributed by atoms with E-state index in [9.17, 15) is 9.90 Å². The molecule has 0 aliphatic heterocycles. The lowest BCUT2D eigenvalue weighted by atomic mass is 9.83. The number of aryl methyl sites for hydroxylation is 1. The van der Waals surface area contributed by atoms with Crippen LogP contribution in [0.3, 0.4) is 0 Å². The van der Waals surface area contributed by atoms with E-state index in [1.165, 1.54) is 0 Å². The number of benzene rings is 2. The number of aliphatic hydroxyl groups excluding tert-OH is 1. The molecule has 0 saturated heterocycles. The molecule has 6 rings (SSSR count). The Kier molecular flexibility index (Phi) is 5.93. The summed E-state index contributed by atoms with van der Waals surface area (Å²) >= 11 is 0. The molecule has 0 atom stereocenters. The van der Waals surface area contributed by atoms with Crippen LogP contribution in [0, 0.1) is 12.8 Å². The number of primary amides is 1. The van der Waals surface area contributed by atoms with Gasteiger partial charge >= 0.3 is 0 Å². The van der Waals surface area contributed by atoms with Crippen molar-refractivity contribution in [1.82, 2.24) is 19.7 Å². The molecule has 7 heteroatoms. The van der Waals surface area contributed by atoms with Crippen molar-refractivity contribution in [2.75, 3.05) is 0 Å². The van der Waals surface area contributed by atoms with E-state index in [0.29, 0.717) is 18.0 Å². The van der Waals surface area contributed by atoms with Gasteiger partial charge in [-0.2, -0.15) is 5.10 Å².